The smallest absolute Gasteiger partial charge is 0.258 e. The first kappa shape index (κ1) is 21.0. The van der Waals surface area contributed by atoms with Gasteiger partial charge in [0.25, 0.3) is 5.91 Å². The Balaban J connectivity index is 1.75. The zero-order chi connectivity index (χ0) is 22.0. The highest BCUT2D eigenvalue weighted by Crippen LogP contribution is 2.33. The Labute approximate surface area is 188 Å². The van der Waals surface area contributed by atoms with Crippen LogP contribution in [0.4, 0.5) is 5.13 Å². The number of hydrogen-bond acceptors (Lipinski definition) is 7. The summed E-state index contributed by atoms with van der Waals surface area (Å²) in [5.74, 6) is 0.0782. The SMILES string of the molecule is Cc1nc(NC(=O)c2cc(-c3ccccc3)nc3c2cnn3C(C)C)sc1SCC#N. The summed E-state index contributed by atoms with van der Waals surface area (Å²) in [5.41, 5.74) is 3.60. The van der Waals surface area contributed by atoms with Crippen LogP contribution >= 0.6 is 23.1 Å². The molecule has 0 saturated carbocycles. The van der Waals surface area contributed by atoms with Gasteiger partial charge in [-0.25, -0.2) is 14.6 Å². The molecule has 0 unspecified atom stereocenters. The number of hydrogen-bond donors (Lipinski definition) is 1. The minimum absolute atomic E-state index is 0.105. The van der Waals surface area contributed by atoms with Crippen LogP contribution in [0.5, 0.6) is 0 Å². The fraction of sp³-hybridized carbons (Fsp3) is 0.227. The van der Waals surface area contributed by atoms with Crippen LogP contribution in [-0.2, 0) is 0 Å². The molecular weight excluding hydrogens is 428 g/mol. The molecule has 0 aliphatic carbocycles. The number of pyridine rings is 1. The first-order valence-electron chi connectivity index (χ1n) is 9.70. The van der Waals surface area contributed by atoms with E-state index in [1.54, 1.807) is 12.3 Å². The molecule has 4 rings (SSSR count). The third-order valence-electron chi connectivity index (χ3n) is 4.61. The Morgan fingerprint density at radius 2 is 2.06 bits per heavy atom. The summed E-state index contributed by atoms with van der Waals surface area (Å²) in [5, 5.41) is 17.4. The summed E-state index contributed by atoms with van der Waals surface area (Å²) in [7, 11) is 0. The van der Waals surface area contributed by atoms with E-state index in [1.165, 1.54) is 23.1 Å². The molecule has 0 bridgehead atoms. The number of rotatable bonds is 6. The second-order valence-electron chi connectivity index (χ2n) is 7.13. The molecule has 1 amide bonds. The van der Waals surface area contributed by atoms with Crippen molar-refractivity contribution in [3.05, 3.63) is 53.9 Å². The molecular formula is C22H20N6OS2. The quantitative estimate of drug-likeness (QED) is 0.401. The molecule has 1 aromatic carbocycles. The summed E-state index contributed by atoms with van der Waals surface area (Å²) in [6.45, 7) is 5.93. The van der Waals surface area contributed by atoms with Crippen LogP contribution in [0.2, 0.25) is 0 Å². The van der Waals surface area contributed by atoms with Crippen LogP contribution in [0.1, 0.15) is 35.9 Å². The monoisotopic (exact) mass is 448 g/mol. The Kier molecular flexibility index (Phi) is 6.02. The van der Waals surface area contributed by atoms with Gasteiger partial charge in [0.05, 0.1) is 44.6 Å². The van der Waals surface area contributed by atoms with Crippen molar-refractivity contribution in [3.63, 3.8) is 0 Å². The highest BCUT2D eigenvalue weighted by Gasteiger charge is 2.20. The van der Waals surface area contributed by atoms with E-state index in [0.717, 1.165) is 15.5 Å². The maximum atomic E-state index is 13.3. The van der Waals surface area contributed by atoms with Gasteiger partial charge >= 0.3 is 0 Å². The lowest BCUT2D eigenvalue weighted by Crippen LogP contribution is -2.13. The summed E-state index contributed by atoms with van der Waals surface area (Å²) in [6.07, 6.45) is 1.69. The molecule has 31 heavy (non-hydrogen) atoms. The van der Waals surface area contributed by atoms with Crippen LogP contribution in [0, 0.1) is 18.3 Å². The van der Waals surface area contributed by atoms with Crippen LogP contribution < -0.4 is 5.32 Å². The van der Waals surface area contributed by atoms with E-state index >= 15 is 0 Å². The third kappa shape index (κ3) is 4.31. The van der Waals surface area contributed by atoms with Crippen LogP contribution in [-0.4, -0.2) is 31.4 Å². The molecule has 0 radical (unpaired) electrons. The van der Waals surface area contributed by atoms with Gasteiger partial charge in [0.15, 0.2) is 10.8 Å². The van der Waals surface area contributed by atoms with Crippen molar-refractivity contribution in [2.75, 3.05) is 11.1 Å². The standard InChI is InChI=1S/C22H20N6OS2/c1-13(2)28-19-17(12-24-28)16(11-18(26-19)15-7-5-4-6-8-15)20(29)27-22-25-14(3)21(31-22)30-10-9-23/h4-8,11-13H,10H2,1-3H3,(H,25,27,29). The van der Waals surface area contributed by atoms with E-state index in [1.807, 2.05) is 55.8 Å². The number of carbonyl (C=O) groups excluding carboxylic acids is 1. The van der Waals surface area contributed by atoms with Crippen molar-refractivity contribution in [1.82, 2.24) is 19.7 Å². The molecule has 0 aliphatic heterocycles. The second kappa shape index (κ2) is 8.88. The fourth-order valence-corrected chi connectivity index (χ4v) is 4.97. The van der Waals surface area contributed by atoms with Crippen LogP contribution in [0.15, 0.2) is 46.8 Å². The highest BCUT2D eigenvalue weighted by molar-refractivity contribution is 8.01. The van der Waals surface area contributed by atoms with Crippen molar-refractivity contribution in [2.24, 2.45) is 0 Å². The van der Waals surface area contributed by atoms with E-state index < -0.39 is 0 Å². The first-order chi connectivity index (χ1) is 15.0. The minimum Gasteiger partial charge on any atom is -0.298 e. The minimum atomic E-state index is -0.265. The summed E-state index contributed by atoms with van der Waals surface area (Å²) in [6, 6.07) is 13.8. The van der Waals surface area contributed by atoms with Gasteiger partial charge in [-0.15, -0.1) is 0 Å². The Morgan fingerprint density at radius 1 is 1.29 bits per heavy atom. The number of nitriles is 1. The van der Waals surface area contributed by atoms with E-state index in [2.05, 4.69) is 21.5 Å². The molecule has 7 nitrogen and oxygen atoms in total. The van der Waals surface area contributed by atoms with Crippen molar-refractivity contribution < 1.29 is 4.79 Å². The normalized spacial score (nSPS) is 11.1. The average molecular weight is 449 g/mol. The number of aryl methyl sites for hydroxylation is 1. The maximum Gasteiger partial charge on any atom is 0.258 e. The summed E-state index contributed by atoms with van der Waals surface area (Å²) < 4.78 is 2.75. The zero-order valence-corrected chi connectivity index (χ0v) is 18.9. The molecule has 0 aliphatic rings. The van der Waals surface area contributed by atoms with Gasteiger partial charge in [-0.2, -0.15) is 10.4 Å². The number of aromatic nitrogens is 4. The third-order valence-corrected chi connectivity index (χ3v) is 6.91. The number of nitrogens with zero attached hydrogens (tertiary/aromatic N) is 5. The number of amides is 1. The number of carbonyl (C=O) groups is 1. The summed E-state index contributed by atoms with van der Waals surface area (Å²) >= 11 is 2.79. The number of nitrogens with one attached hydrogen (secondary N) is 1. The molecule has 4 aromatic rings. The lowest BCUT2D eigenvalue weighted by molar-refractivity contribution is 0.102. The Morgan fingerprint density at radius 3 is 2.77 bits per heavy atom. The predicted molar refractivity (Wildman–Crippen MR) is 124 cm³/mol. The average Bonchev–Trinajstić information content (AvgIpc) is 3.35. The molecule has 1 N–H and O–H groups in total. The van der Waals surface area contributed by atoms with E-state index in [4.69, 9.17) is 10.2 Å². The van der Waals surface area contributed by atoms with Gasteiger partial charge < -0.3 is 0 Å². The number of thiazole rings is 1. The highest BCUT2D eigenvalue weighted by atomic mass is 32.2. The first-order valence-corrected chi connectivity index (χ1v) is 11.5. The van der Waals surface area contributed by atoms with Crippen molar-refractivity contribution in [3.8, 4) is 17.3 Å². The molecule has 9 heteroatoms. The fourth-order valence-electron chi connectivity index (χ4n) is 3.17. The topological polar surface area (TPSA) is 96.5 Å². The Bertz CT molecular complexity index is 1290. The number of benzene rings is 1. The second-order valence-corrected chi connectivity index (χ2v) is 9.38. The molecule has 0 spiro atoms. The van der Waals surface area contributed by atoms with E-state index in [0.29, 0.717) is 33.2 Å². The van der Waals surface area contributed by atoms with Gasteiger partial charge in [0, 0.05) is 11.6 Å². The predicted octanol–water partition coefficient (Wildman–Crippen LogP) is 5.31. The van der Waals surface area contributed by atoms with Crippen LogP contribution in [0.3, 0.4) is 0 Å². The molecule has 3 heterocycles. The summed E-state index contributed by atoms with van der Waals surface area (Å²) in [4.78, 5) is 22.5. The molecule has 156 valence electrons. The molecule has 3 aromatic heterocycles. The van der Waals surface area contributed by atoms with Gasteiger partial charge in [0.2, 0.25) is 0 Å². The van der Waals surface area contributed by atoms with Gasteiger partial charge in [0.1, 0.15) is 0 Å². The number of anilines is 1. The van der Waals surface area contributed by atoms with Crippen molar-refractivity contribution in [1.29, 1.82) is 5.26 Å². The maximum absolute atomic E-state index is 13.3. The van der Waals surface area contributed by atoms with Gasteiger partial charge in [-0.3, -0.25) is 10.1 Å². The van der Waals surface area contributed by atoms with Gasteiger partial charge in [-0.1, -0.05) is 53.4 Å². The Hall–Kier alpha value is -3.22. The lowest BCUT2D eigenvalue weighted by atomic mass is 10.1. The van der Waals surface area contributed by atoms with Crippen molar-refractivity contribution >= 4 is 45.2 Å². The van der Waals surface area contributed by atoms with E-state index in [-0.39, 0.29) is 11.9 Å². The van der Waals surface area contributed by atoms with Crippen molar-refractivity contribution in [2.45, 2.75) is 31.0 Å². The van der Waals surface area contributed by atoms with Gasteiger partial charge in [-0.05, 0) is 26.8 Å². The molecule has 0 atom stereocenters. The largest absolute Gasteiger partial charge is 0.298 e. The molecule has 0 saturated heterocycles. The lowest BCUT2D eigenvalue weighted by Gasteiger charge is -2.10. The number of fused-ring (bicyclic) bond motifs is 1. The molecule has 0 fully saturated rings. The zero-order valence-electron chi connectivity index (χ0n) is 17.3. The number of thioether (sulfide) groups is 1. The van der Waals surface area contributed by atoms with Crippen LogP contribution in [0.25, 0.3) is 22.3 Å². The van der Waals surface area contributed by atoms with E-state index in [9.17, 15) is 4.79 Å².